The lowest BCUT2D eigenvalue weighted by Crippen LogP contribution is -2.47. The van der Waals surface area contributed by atoms with Crippen molar-refractivity contribution in [2.24, 2.45) is 0 Å². The molecule has 0 radical (unpaired) electrons. The maximum absolute atomic E-state index is 12.2. The molecule has 6 nitrogen and oxygen atoms in total. The molecule has 0 aliphatic heterocycles. The fourth-order valence-corrected chi connectivity index (χ4v) is 2.13. The monoisotopic (exact) mass is 350 g/mol. The molecule has 1 aromatic heterocycles. The standard InChI is InChI=1S/C14H20F2N2O4S/c1-14(2,3)18-13(20)22-10(8-21-12(15)16)11(19)17-7-9-5-4-6-23-9/h4-6,10,12H,7-8H2,1-3H3,(H,17,19)(H,18,20)/t10-/m1/s1. The first-order chi connectivity index (χ1) is 10.7. The molecule has 0 bridgehead atoms. The van der Waals surface area contributed by atoms with Crippen molar-refractivity contribution in [3.63, 3.8) is 0 Å². The molecule has 23 heavy (non-hydrogen) atoms. The van der Waals surface area contributed by atoms with Crippen molar-refractivity contribution in [1.82, 2.24) is 10.6 Å². The van der Waals surface area contributed by atoms with Crippen LogP contribution < -0.4 is 10.6 Å². The molecule has 1 atom stereocenters. The van der Waals surface area contributed by atoms with Gasteiger partial charge in [-0.05, 0) is 32.2 Å². The molecule has 1 heterocycles. The molecular weight excluding hydrogens is 330 g/mol. The fraction of sp³-hybridized carbons (Fsp3) is 0.571. The molecule has 2 amide bonds. The summed E-state index contributed by atoms with van der Waals surface area (Å²) in [4.78, 5) is 24.6. The van der Waals surface area contributed by atoms with E-state index in [1.54, 1.807) is 20.8 Å². The van der Waals surface area contributed by atoms with Gasteiger partial charge >= 0.3 is 12.7 Å². The van der Waals surface area contributed by atoms with Crippen LogP contribution in [-0.4, -0.2) is 36.9 Å². The Morgan fingerprint density at radius 1 is 1.35 bits per heavy atom. The number of hydrogen-bond acceptors (Lipinski definition) is 5. The first-order valence-corrected chi connectivity index (χ1v) is 7.74. The summed E-state index contributed by atoms with van der Waals surface area (Å²) in [5, 5.41) is 6.84. The van der Waals surface area contributed by atoms with Gasteiger partial charge in [0.2, 0.25) is 6.10 Å². The second-order valence-electron chi connectivity index (χ2n) is 5.66. The van der Waals surface area contributed by atoms with Crippen LogP contribution in [-0.2, 0) is 20.8 Å². The second-order valence-corrected chi connectivity index (χ2v) is 6.69. The van der Waals surface area contributed by atoms with Crippen molar-refractivity contribution in [2.75, 3.05) is 6.61 Å². The molecule has 130 valence electrons. The van der Waals surface area contributed by atoms with Gasteiger partial charge in [0.15, 0.2) is 0 Å². The van der Waals surface area contributed by atoms with Crippen molar-refractivity contribution in [1.29, 1.82) is 0 Å². The summed E-state index contributed by atoms with van der Waals surface area (Å²) < 4.78 is 33.3. The van der Waals surface area contributed by atoms with Gasteiger partial charge in [0.25, 0.3) is 5.91 Å². The number of thiophene rings is 1. The lowest BCUT2D eigenvalue weighted by molar-refractivity contribution is -0.158. The second kappa shape index (κ2) is 8.78. The van der Waals surface area contributed by atoms with Gasteiger partial charge in [-0.2, -0.15) is 8.78 Å². The van der Waals surface area contributed by atoms with Gasteiger partial charge in [-0.1, -0.05) is 6.07 Å². The summed E-state index contributed by atoms with van der Waals surface area (Å²) >= 11 is 1.43. The van der Waals surface area contributed by atoms with E-state index in [9.17, 15) is 18.4 Å². The van der Waals surface area contributed by atoms with Crippen LogP contribution in [0.4, 0.5) is 13.6 Å². The van der Waals surface area contributed by atoms with Crippen molar-refractivity contribution >= 4 is 23.3 Å². The van der Waals surface area contributed by atoms with Gasteiger partial charge in [0.05, 0.1) is 13.2 Å². The highest BCUT2D eigenvalue weighted by Gasteiger charge is 2.26. The zero-order chi connectivity index (χ0) is 17.5. The molecule has 0 spiro atoms. The zero-order valence-corrected chi connectivity index (χ0v) is 13.9. The Balaban J connectivity index is 2.59. The Labute approximate surface area is 137 Å². The molecule has 0 aliphatic rings. The minimum absolute atomic E-state index is 0.214. The molecule has 0 aliphatic carbocycles. The van der Waals surface area contributed by atoms with E-state index in [4.69, 9.17) is 4.74 Å². The highest BCUT2D eigenvalue weighted by atomic mass is 32.1. The summed E-state index contributed by atoms with van der Waals surface area (Å²) in [6, 6.07) is 3.62. The number of alkyl halides is 2. The molecule has 0 saturated heterocycles. The Hall–Kier alpha value is -1.74. The molecule has 1 aromatic rings. The number of ether oxygens (including phenoxy) is 2. The van der Waals surface area contributed by atoms with Crippen LogP contribution in [0, 0.1) is 0 Å². The summed E-state index contributed by atoms with van der Waals surface area (Å²) in [5.41, 5.74) is -0.585. The van der Waals surface area contributed by atoms with Crippen molar-refractivity contribution < 1.29 is 27.8 Å². The van der Waals surface area contributed by atoms with E-state index >= 15 is 0 Å². The third-order valence-corrected chi connectivity index (χ3v) is 3.29. The van der Waals surface area contributed by atoms with Crippen LogP contribution in [0.25, 0.3) is 0 Å². The molecule has 0 saturated carbocycles. The summed E-state index contributed by atoms with van der Waals surface area (Å²) in [5.74, 6) is -0.705. The first kappa shape index (κ1) is 19.3. The molecule has 0 unspecified atom stereocenters. The van der Waals surface area contributed by atoms with Crippen molar-refractivity contribution in [2.45, 2.75) is 45.6 Å². The predicted molar refractivity (Wildman–Crippen MR) is 81.3 cm³/mol. The molecule has 9 heteroatoms. The molecule has 1 rings (SSSR count). The van der Waals surface area contributed by atoms with Gasteiger partial charge in [0.1, 0.15) is 0 Å². The Morgan fingerprint density at radius 3 is 2.57 bits per heavy atom. The smallest absolute Gasteiger partial charge is 0.408 e. The van der Waals surface area contributed by atoms with Crippen LogP contribution in [0.3, 0.4) is 0 Å². The number of carbonyl (C=O) groups excluding carboxylic acids is 2. The number of alkyl carbamates (subject to hydrolysis) is 1. The highest BCUT2D eigenvalue weighted by Crippen LogP contribution is 2.08. The maximum Gasteiger partial charge on any atom is 0.408 e. The van der Waals surface area contributed by atoms with Crippen LogP contribution >= 0.6 is 11.3 Å². The zero-order valence-electron chi connectivity index (χ0n) is 13.1. The summed E-state index contributed by atoms with van der Waals surface area (Å²) in [7, 11) is 0. The van der Waals surface area contributed by atoms with Crippen LogP contribution in [0.15, 0.2) is 17.5 Å². The quantitative estimate of drug-likeness (QED) is 0.792. The van der Waals surface area contributed by atoms with Gasteiger partial charge in [-0.25, -0.2) is 4.79 Å². The Morgan fingerprint density at radius 2 is 2.04 bits per heavy atom. The van der Waals surface area contributed by atoms with E-state index < -0.39 is 36.9 Å². The number of halogens is 2. The average Bonchev–Trinajstić information content (AvgIpc) is 2.91. The van der Waals surface area contributed by atoms with E-state index in [0.29, 0.717) is 0 Å². The maximum atomic E-state index is 12.2. The highest BCUT2D eigenvalue weighted by molar-refractivity contribution is 7.09. The van der Waals surface area contributed by atoms with Crippen molar-refractivity contribution in [3.05, 3.63) is 22.4 Å². The van der Waals surface area contributed by atoms with Gasteiger partial charge in [0, 0.05) is 10.4 Å². The minimum atomic E-state index is -3.06. The lowest BCUT2D eigenvalue weighted by atomic mass is 10.1. The van der Waals surface area contributed by atoms with E-state index in [-0.39, 0.29) is 6.54 Å². The minimum Gasteiger partial charge on any atom is -0.434 e. The lowest BCUT2D eigenvalue weighted by Gasteiger charge is -2.23. The van der Waals surface area contributed by atoms with E-state index in [1.165, 1.54) is 11.3 Å². The Kier molecular flexibility index (Phi) is 7.37. The summed E-state index contributed by atoms with van der Waals surface area (Å²) in [6.07, 6.45) is -2.35. The third-order valence-electron chi connectivity index (χ3n) is 2.41. The predicted octanol–water partition coefficient (Wildman–Crippen LogP) is 2.50. The fourth-order valence-electron chi connectivity index (χ4n) is 1.49. The average molecular weight is 350 g/mol. The molecule has 0 aromatic carbocycles. The van der Waals surface area contributed by atoms with Crippen LogP contribution in [0.1, 0.15) is 25.6 Å². The number of amides is 2. The van der Waals surface area contributed by atoms with Crippen LogP contribution in [0.5, 0.6) is 0 Å². The largest absolute Gasteiger partial charge is 0.434 e. The van der Waals surface area contributed by atoms with E-state index in [2.05, 4.69) is 15.4 Å². The molecular formula is C14H20F2N2O4S. The first-order valence-electron chi connectivity index (χ1n) is 6.86. The number of nitrogens with one attached hydrogen (secondary N) is 2. The van der Waals surface area contributed by atoms with Gasteiger partial charge in [-0.3, -0.25) is 4.79 Å². The van der Waals surface area contributed by atoms with Gasteiger partial charge < -0.3 is 20.1 Å². The molecule has 2 N–H and O–H groups in total. The summed E-state index contributed by atoms with van der Waals surface area (Å²) in [6.45, 7) is 1.58. The normalized spacial score (nSPS) is 12.8. The Bertz CT molecular complexity index is 503. The topological polar surface area (TPSA) is 76.7 Å². The number of hydrogen-bond donors (Lipinski definition) is 2. The van der Waals surface area contributed by atoms with Gasteiger partial charge in [-0.15, -0.1) is 11.3 Å². The molecule has 0 fully saturated rings. The van der Waals surface area contributed by atoms with E-state index in [0.717, 1.165) is 4.88 Å². The SMILES string of the molecule is CC(C)(C)NC(=O)O[C@H](COC(F)F)C(=O)NCc1cccs1. The number of rotatable bonds is 7. The van der Waals surface area contributed by atoms with Crippen molar-refractivity contribution in [3.8, 4) is 0 Å². The van der Waals surface area contributed by atoms with Crippen LogP contribution in [0.2, 0.25) is 0 Å². The third kappa shape index (κ3) is 8.46. The van der Waals surface area contributed by atoms with E-state index in [1.807, 2.05) is 17.5 Å². The number of carbonyl (C=O) groups is 2.